The molecule has 3 rings (SSSR count). The minimum atomic E-state index is -0.493. The zero-order chi connectivity index (χ0) is 19.1. The van der Waals surface area contributed by atoms with Crippen LogP contribution in [0.25, 0.3) is 10.9 Å². The molecule has 0 amide bonds. The number of fused-ring (bicyclic) bond motifs is 1. The smallest absolute Gasteiger partial charge is 0.338 e. The molecule has 0 saturated heterocycles. The van der Waals surface area contributed by atoms with Crippen molar-refractivity contribution in [1.82, 2.24) is 4.98 Å². The molecule has 1 aromatic heterocycles. The molecule has 5 nitrogen and oxygen atoms in total. The molecule has 0 saturated carbocycles. The number of esters is 1. The van der Waals surface area contributed by atoms with Crippen molar-refractivity contribution in [3.63, 3.8) is 0 Å². The number of aromatic nitrogens is 1. The fourth-order valence-electron chi connectivity index (χ4n) is 2.46. The number of oxime groups is 1. The first kappa shape index (κ1) is 18.5. The zero-order valence-corrected chi connectivity index (χ0v) is 14.8. The predicted octanol–water partition coefficient (Wildman–Crippen LogP) is 4.36. The summed E-state index contributed by atoms with van der Waals surface area (Å²) in [5, 5.41) is 5.04. The highest BCUT2D eigenvalue weighted by Gasteiger charge is 2.09. The van der Waals surface area contributed by atoms with Gasteiger partial charge in [-0.1, -0.05) is 29.4 Å². The van der Waals surface area contributed by atoms with Gasteiger partial charge in [0.1, 0.15) is 11.9 Å². The average Bonchev–Trinajstić information content (AvgIpc) is 2.68. The molecule has 0 spiro atoms. The Kier molecular flexibility index (Phi) is 6.10. The summed E-state index contributed by atoms with van der Waals surface area (Å²) in [4.78, 5) is 21.6. The van der Waals surface area contributed by atoms with E-state index in [1.807, 2.05) is 37.3 Å². The van der Waals surface area contributed by atoms with Gasteiger partial charge in [0.15, 0.2) is 0 Å². The number of rotatable bonds is 7. The lowest BCUT2D eigenvalue weighted by Crippen LogP contribution is -2.12. The van der Waals surface area contributed by atoms with Crippen LogP contribution < -0.4 is 0 Å². The van der Waals surface area contributed by atoms with Crippen LogP contribution in [0.1, 0.15) is 29.3 Å². The van der Waals surface area contributed by atoms with Crippen molar-refractivity contribution >= 4 is 23.1 Å². The van der Waals surface area contributed by atoms with Gasteiger partial charge in [-0.25, -0.2) is 9.18 Å². The number of hydrogen-bond donors (Lipinski definition) is 0. The number of carbonyl (C=O) groups is 1. The molecule has 0 aliphatic rings. The number of pyridine rings is 1. The van der Waals surface area contributed by atoms with Crippen molar-refractivity contribution in [2.75, 3.05) is 6.61 Å². The average molecular weight is 366 g/mol. The lowest BCUT2D eigenvalue weighted by atomic mass is 10.1. The number of para-hydroxylation sites is 1. The maximum Gasteiger partial charge on any atom is 0.338 e. The maximum atomic E-state index is 12.8. The van der Waals surface area contributed by atoms with E-state index in [1.54, 1.807) is 12.4 Å². The lowest BCUT2D eigenvalue weighted by molar-refractivity contribution is 0.0292. The van der Waals surface area contributed by atoms with Crippen molar-refractivity contribution in [1.29, 1.82) is 0 Å². The first-order valence-electron chi connectivity index (χ1n) is 8.59. The molecule has 0 bridgehead atoms. The second-order valence-electron chi connectivity index (χ2n) is 6.00. The lowest BCUT2D eigenvalue weighted by Gasteiger charge is -2.10. The van der Waals surface area contributed by atoms with E-state index < -0.39 is 11.8 Å². The topological polar surface area (TPSA) is 60.8 Å². The van der Waals surface area contributed by atoms with E-state index in [-0.39, 0.29) is 12.7 Å². The molecule has 2 aromatic carbocycles. The van der Waals surface area contributed by atoms with E-state index in [4.69, 9.17) is 9.57 Å². The Labute approximate surface area is 156 Å². The minimum Gasteiger partial charge on any atom is -0.462 e. The number of nitrogens with zero attached hydrogens (tertiary/aromatic N) is 2. The van der Waals surface area contributed by atoms with Gasteiger partial charge < -0.3 is 9.57 Å². The molecule has 27 heavy (non-hydrogen) atoms. The molecule has 0 aliphatic carbocycles. The standard InChI is InChI=1S/C21H19FN2O3/c1-15(11-13-26-21(25)17-7-9-19(22)10-8-17)27-24-14-18-5-2-4-16-6-3-12-23-20(16)18/h2-10,12,14-15H,11,13H2,1H3/b24-14+. The first-order chi connectivity index (χ1) is 13.1. The van der Waals surface area contributed by atoms with Crippen molar-refractivity contribution in [2.24, 2.45) is 5.16 Å². The highest BCUT2D eigenvalue weighted by Crippen LogP contribution is 2.14. The molecular formula is C21H19FN2O3. The van der Waals surface area contributed by atoms with Crippen LogP contribution in [0.3, 0.4) is 0 Å². The molecule has 0 fully saturated rings. The van der Waals surface area contributed by atoms with E-state index in [0.29, 0.717) is 12.0 Å². The van der Waals surface area contributed by atoms with E-state index >= 15 is 0 Å². The van der Waals surface area contributed by atoms with Gasteiger partial charge in [-0.2, -0.15) is 0 Å². The third-order valence-electron chi connectivity index (χ3n) is 3.93. The number of ether oxygens (including phenoxy) is 1. The Morgan fingerprint density at radius 2 is 1.96 bits per heavy atom. The number of carbonyl (C=O) groups excluding carboxylic acids is 1. The molecule has 138 valence electrons. The first-order valence-corrected chi connectivity index (χ1v) is 8.59. The van der Waals surface area contributed by atoms with Crippen LogP contribution in [0.5, 0.6) is 0 Å². The summed E-state index contributed by atoms with van der Waals surface area (Å²) in [5.41, 5.74) is 2.03. The molecule has 1 heterocycles. The van der Waals surface area contributed by atoms with Crippen LogP contribution in [0, 0.1) is 5.82 Å². The molecule has 3 aromatic rings. The predicted molar refractivity (Wildman–Crippen MR) is 101 cm³/mol. The maximum absolute atomic E-state index is 12.8. The largest absolute Gasteiger partial charge is 0.462 e. The fourth-order valence-corrected chi connectivity index (χ4v) is 2.46. The molecule has 0 aliphatic heterocycles. The second kappa shape index (κ2) is 8.89. The van der Waals surface area contributed by atoms with Crippen LogP contribution in [-0.4, -0.2) is 29.9 Å². The van der Waals surface area contributed by atoms with Gasteiger partial charge in [0.2, 0.25) is 0 Å². The quantitative estimate of drug-likeness (QED) is 0.354. The fraction of sp³-hybridized carbons (Fsp3) is 0.190. The Morgan fingerprint density at radius 3 is 2.78 bits per heavy atom. The molecule has 1 unspecified atom stereocenters. The number of benzene rings is 2. The van der Waals surface area contributed by atoms with Crippen LogP contribution in [-0.2, 0) is 9.57 Å². The Bertz CT molecular complexity index is 936. The molecule has 6 heteroatoms. The van der Waals surface area contributed by atoms with Crippen LogP contribution >= 0.6 is 0 Å². The van der Waals surface area contributed by atoms with E-state index in [1.165, 1.54) is 24.3 Å². The summed E-state index contributed by atoms with van der Waals surface area (Å²) in [5.74, 6) is -0.889. The van der Waals surface area contributed by atoms with Crippen LogP contribution in [0.2, 0.25) is 0 Å². The van der Waals surface area contributed by atoms with Gasteiger partial charge in [0.25, 0.3) is 0 Å². The van der Waals surface area contributed by atoms with Gasteiger partial charge in [0.05, 0.1) is 23.9 Å². The summed E-state index contributed by atoms with van der Waals surface area (Å²) in [6.45, 7) is 2.02. The molecular weight excluding hydrogens is 347 g/mol. The second-order valence-corrected chi connectivity index (χ2v) is 6.00. The third kappa shape index (κ3) is 5.10. The normalized spacial score (nSPS) is 12.2. The summed E-state index contributed by atoms with van der Waals surface area (Å²) < 4.78 is 18.0. The Morgan fingerprint density at radius 1 is 1.19 bits per heavy atom. The van der Waals surface area contributed by atoms with Gasteiger partial charge in [-0.05, 0) is 37.3 Å². The third-order valence-corrected chi connectivity index (χ3v) is 3.93. The van der Waals surface area contributed by atoms with E-state index in [0.717, 1.165) is 16.5 Å². The van der Waals surface area contributed by atoms with Gasteiger partial charge in [-0.15, -0.1) is 0 Å². The zero-order valence-electron chi connectivity index (χ0n) is 14.8. The summed E-state index contributed by atoms with van der Waals surface area (Å²) in [6.07, 6.45) is 3.61. The van der Waals surface area contributed by atoms with E-state index in [2.05, 4.69) is 10.1 Å². The molecule has 0 radical (unpaired) electrons. The SMILES string of the molecule is CC(CCOC(=O)c1ccc(F)cc1)O/N=C/c1cccc2cccnc12. The summed E-state index contributed by atoms with van der Waals surface area (Å²) in [7, 11) is 0. The monoisotopic (exact) mass is 366 g/mol. The van der Waals surface area contributed by atoms with E-state index in [9.17, 15) is 9.18 Å². The highest BCUT2D eigenvalue weighted by atomic mass is 19.1. The molecule has 0 N–H and O–H groups in total. The van der Waals surface area contributed by atoms with Crippen molar-refractivity contribution in [3.05, 3.63) is 77.7 Å². The van der Waals surface area contributed by atoms with Crippen molar-refractivity contribution in [3.8, 4) is 0 Å². The molecule has 1 atom stereocenters. The van der Waals surface area contributed by atoms with Gasteiger partial charge >= 0.3 is 5.97 Å². The summed E-state index contributed by atoms with van der Waals surface area (Å²) >= 11 is 0. The summed E-state index contributed by atoms with van der Waals surface area (Å²) in [6, 6.07) is 14.9. The van der Waals surface area contributed by atoms with Gasteiger partial charge in [0, 0.05) is 23.6 Å². The number of halogens is 1. The number of hydrogen-bond acceptors (Lipinski definition) is 5. The van der Waals surface area contributed by atoms with Crippen molar-refractivity contribution < 1.29 is 18.8 Å². The minimum absolute atomic E-state index is 0.183. The van der Waals surface area contributed by atoms with Crippen LogP contribution in [0.4, 0.5) is 4.39 Å². The Balaban J connectivity index is 1.46. The highest BCUT2D eigenvalue weighted by molar-refractivity contribution is 5.97. The van der Waals surface area contributed by atoms with Crippen molar-refractivity contribution in [2.45, 2.75) is 19.4 Å². The van der Waals surface area contributed by atoms with Crippen LogP contribution in [0.15, 0.2) is 65.9 Å². The Hall–Kier alpha value is -3.28. The van der Waals surface area contributed by atoms with Gasteiger partial charge in [-0.3, -0.25) is 4.98 Å².